The molecule has 1 N–H and O–H groups in total. The molecule has 0 radical (unpaired) electrons. The van der Waals surface area contributed by atoms with Crippen molar-refractivity contribution in [3.05, 3.63) is 0 Å². The molecule has 2 rings (SSSR count). The summed E-state index contributed by atoms with van der Waals surface area (Å²) in [6, 6.07) is 0. The van der Waals surface area contributed by atoms with Crippen LogP contribution in [0.3, 0.4) is 0 Å². The Balaban J connectivity index is 2.16. The second kappa shape index (κ2) is 3.96. The zero-order valence-electron chi connectivity index (χ0n) is 12.0. The van der Waals surface area contributed by atoms with E-state index in [1.807, 2.05) is 0 Å². The van der Waals surface area contributed by atoms with Gasteiger partial charge in [-0.25, -0.2) is 0 Å². The third-order valence-electron chi connectivity index (χ3n) is 4.86. The molecule has 0 bridgehead atoms. The predicted molar refractivity (Wildman–Crippen MR) is 69.9 cm³/mol. The van der Waals surface area contributed by atoms with Gasteiger partial charge in [-0.2, -0.15) is 0 Å². The summed E-state index contributed by atoms with van der Waals surface area (Å²) < 4.78 is 6.13. The molecule has 1 saturated heterocycles. The first-order valence-corrected chi connectivity index (χ1v) is 7.07. The fraction of sp³-hybridized carbons (Fsp3) is 1.00. The standard InChI is InChI=1S/C15H28O2/c1-11-6-8-15(16,9-7-11)12-10-13(2,3)17-14(12,4)5/h11-12,16H,6-10H2,1-5H3. The molecule has 2 nitrogen and oxygen atoms in total. The topological polar surface area (TPSA) is 29.5 Å². The molecule has 1 unspecified atom stereocenters. The zero-order valence-corrected chi connectivity index (χ0v) is 12.0. The van der Waals surface area contributed by atoms with Gasteiger partial charge in [0.1, 0.15) is 0 Å². The van der Waals surface area contributed by atoms with E-state index < -0.39 is 5.60 Å². The van der Waals surface area contributed by atoms with Gasteiger partial charge in [-0.05, 0) is 65.7 Å². The van der Waals surface area contributed by atoms with Crippen LogP contribution in [0.4, 0.5) is 0 Å². The highest BCUT2D eigenvalue weighted by molar-refractivity contribution is 5.04. The SMILES string of the molecule is CC1CCC(O)(C2CC(C)(C)OC2(C)C)CC1. The maximum Gasteiger partial charge on any atom is 0.0704 e. The predicted octanol–water partition coefficient (Wildman–Crippen LogP) is 3.52. The Morgan fingerprint density at radius 3 is 2.00 bits per heavy atom. The van der Waals surface area contributed by atoms with E-state index in [-0.39, 0.29) is 17.1 Å². The van der Waals surface area contributed by atoms with Crippen molar-refractivity contribution in [3.63, 3.8) is 0 Å². The van der Waals surface area contributed by atoms with Gasteiger partial charge in [0.15, 0.2) is 0 Å². The summed E-state index contributed by atoms with van der Waals surface area (Å²) >= 11 is 0. The summed E-state index contributed by atoms with van der Waals surface area (Å²) in [7, 11) is 0. The van der Waals surface area contributed by atoms with Gasteiger partial charge in [-0.15, -0.1) is 0 Å². The van der Waals surface area contributed by atoms with E-state index >= 15 is 0 Å². The van der Waals surface area contributed by atoms with Crippen LogP contribution in [0.15, 0.2) is 0 Å². The van der Waals surface area contributed by atoms with Crippen LogP contribution in [0.2, 0.25) is 0 Å². The van der Waals surface area contributed by atoms with Gasteiger partial charge in [-0.1, -0.05) is 6.92 Å². The Hall–Kier alpha value is -0.0800. The molecule has 100 valence electrons. The van der Waals surface area contributed by atoms with E-state index in [4.69, 9.17) is 4.74 Å². The average Bonchev–Trinajstić information content (AvgIpc) is 2.40. The summed E-state index contributed by atoms with van der Waals surface area (Å²) in [5.74, 6) is 1.05. The fourth-order valence-corrected chi connectivity index (χ4v) is 4.01. The zero-order chi connectivity index (χ0) is 12.9. The van der Waals surface area contributed by atoms with E-state index in [0.717, 1.165) is 38.0 Å². The lowest BCUT2D eigenvalue weighted by Crippen LogP contribution is -2.48. The van der Waals surface area contributed by atoms with Crippen molar-refractivity contribution in [3.8, 4) is 0 Å². The number of hydrogen-bond acceptors (Lipinski definition) is 2. The molecule has 0 aromatic rings. The minimum atomic E-state index is -0.496. The van der Waals surface area contributed by atoms with Gasteiger partial charge in [-0.3, -0.25) is 0 Å². The van der Waals surface area contributed by atoms with Crippen LogP contribution >= 0.6 is 0 Å². The molecule has 0 aromatic carbocycles. The van der Waals surface area contributed by atoms with Crippen LogP contribution in [-0.4, -0.2) is 21.9 Å². The Bertz CT molecular complexity index is 285. The summed E-state index contributed by atoms with van der Waals surface area (Å²) in [5, 5.41) is 11.0. The van der Waals surface area contributed by atoms with E-state index in [1.165, 1.54) is 0 Å². The van der Waals surface area contributed by atoms with Crippen LogP contribution in [0, 0.1) is 11.8 Å². The number of rotatable bonds is 1. The van der Waals surface area contributed by atoms with Crippen LogP contribution < -0.4 is 0 Å². The summed E-state index contributed by atoms with van der Waals surface area (Å²) in [5.41, 5.74) is -0.782. The molecular weight excluding hydrogens is 212 g/mol. The fourth-order valence-electron chi connectivity index (χ4n) is 4.01. The Kier molecular flexibility index (Phi) is 3.11. The van der Waals surface area contributed by atoms with Crippen molar-refractivity contribution in [2.45, 2.75) is 83.5 Å². The van der Waals surface area contributed by atoms with Gasteiger partial charge >= 0.3 is 0 Å². The van der Waals surface area contributed by atoms with E-state index in [0.29, 0.717) is 0 Å². The van der Waals surface area contributed by atoms with Crippen LogP contribution in [0.1, 0.15) is 66.7 Å². The van der Waals surface area contributed by atoms with Gasteiger partial charge < -0.3 is 9.84 Å². The second-order valence-electron chi connectivity index (χ2n) is 7.51. The van der Waals surface area contributed by atoms with Crippen molar-refractivity contribution in [1.29, 1.82) is 0 Å². The molecule has 1 heterocycles. The van der Waals surface area contributed by atoms with Gasteiger partial charge in [0, 0.05) is 5.92 Å². The number of ether oxygens (including phenoxy) is 1. The third-order valence-corrected chi connectivity index (χ3v) is 4.86. The third kappa shape index (κ3) is 2.53. The molecule has 0 amide bonds. The molecule has 17 heavy (non-hydrogen) atoms. The van der Waals surface area contributed by atoms with Gasteiger partial charge in [0.05, 0.1) is 16.8 Å². The molecule has 0 aromatic heterocycles. The van der Waals surface area contributed by atoms with Crippen molar-refractivity contribution in [2.24, 2.45) is 11.8 Å². The van der Waals surface area contributed by atoms with Crippen molar-refractivity contribution >= 4 is 0 Å². The first-order chi connectivity index (χ1) is 7.65. The highest BCUT2D eigenvalue weighted by Gasteiger charge is 2.55. The molecule has 1 aliphatic heterocycles. The Labute approximate surface area is 106 Å². The maximum absolute atomic E-state index is 11.0. The van der Waals surface area contributed by atoms with Gasteiger partial charge in [0.2, 0.25) is 0 Å². The average molecular weight is 240 g/mol. The second-order valence-corrected chi connectivity index (χ2v) is 7.51. The lowest BCUT2D eigenvalue weighted by molar-refractivity contribution is -0.126. The van der Waals surface area contributed by atoms with Crippen molar-refractivity contribution in [2.75, 3.05) is 0 Å². The minimum Gasteiger partial charge on any atom is -0.389 e. The van der Waals surface area contributed by atoms with Crippen LogP contribution in [0.25, 0.3) is 0 Å². The highest BCUT2D eigenvalue weighted by Crippen LogP contribution is 2.51. The molecule has 1 aliphatic carbocycles. The number of hydrogen-bond donors (Lipinski definition) is 1. The normalized spacial score (nSPS) is 44.8. The smallest absolute Gasteiger partial charge is 0.0704 e. The molecule has 1 atom stereocenters. The molecule has 0 spiro atoms. The first kappa shape index (κ1) is 13.4. The van der Waals surface area contributed by atoms with E-state index in [1.54, 1.807) is 0 Å². The summed E-state index contributed by atoms with van der Waals surface area (Å²) in [4.78, 5) is 0. The van der Waals surface area contributed by atoms with Crippen LogP contribution in [0.5, 0.6) is 0 Å². The number of aliphatic hydroxyl groups is 1. The maximum atomic E-state index is 11.0. The van der Waals surface area contributed by atoms with Gasteiger partial charge in [0.25, 0.3) is 0 Å². The van der Waals surface area contributed by atoms with Crippen molar-refractivity contribution < 1.29 is 9.84 Å². The quantitative estimate of drug-likeness (QED) is 0.760. The Morgan fingerprint density at radius 2 is 1.59 bits per heavy atom. The lowest BCUT2D eigenvalue weighted by Gasteiger charge is -2.44. The molecule has 2 heteroatoms. The molecule has 2 fully saturated rings. The minimum absolute atomic E-state index is 0.0903. The summed E-state index contributed by atoms with van der Waals surface area (Å²) in [6.07, 6.45) is 5.18. The molecule has 1 saturated carbocycles. The van der Waals surface area contributed by atoms with Crippen LogP contribution in [-0.2, 0) is 4.74 Å². The summed E-state index contributed by atoms with van der Waals surface area (Å²) in [6.45, 7) is 10.9. The van der Waals surface area contributed by atoms with E-state index in [9.17, 15) is 5.11 Å². The monoisotopic (exact) mass is 240 g/mol. The van der Waals surface area contributed by atoms with E-state index in [2.05, 4.69) is 34.6 Å². The lowest BCUT2D eigenvalue weighted by atomic mass is 9.66. The Morgan fingerprint density at radius 1 is 1.06 bits per heavy atom. The van der Waals surface area contributed by atoms with Crippen molar-refractivity contribution in [1.82, 2.24) is 0 Å². The largest absolute Gasteiger partial charge is 0.389 e. The highest BCUT2D eigenvalue weighted by atomic mass is 16.5. The molecule has 2 aliphatic rings. The molecular formula is C15H28O2. The first-order valence-electron chi connectivity index (χ1n) is 7.07.